The summed E-state index contributed by atoms with van der Waals surface area (Å²) in [6.07, 6.45) is -4.75. The Bertz CT molecular complexity index is 330. The number of carbonyl (C=O) groups is 1. The molecule has 0 aromatic heterocycles. The lowest BCUT2D eigenvalue weighted by molar-refractivity contribution is -0.138. The van der Waals surface area contributed by atoms with Gasteiger partial charge in [-0.25, -0.2) is 0 Å². The van der Waals surface area contributed by atoms with Crippen LogP contribution in [-0.4, -0.2) is 31.8 Å². The van der Waals surface area contributed by atoms with Crippen molar-refractivity contribution in [2.75, 3.05) is 19.8 Å². The molecule has 0 saturated carbocycles. The first-order valence-electron chi connectivity index (χ1n) is 5.74. The van der Waals surface area contributed by atoms with Crippen molar-refractivity contribution in [2.24, 2.45) is 5.41 Å². The van der Waals surface area contributed by atoms with E-state index in [0.29, 0.717) is 13.2 Å². The Morgan fingerprint density at radius 1 is 1.39 bits per heavy atom. The van der Waals surface area contributed by atoms with Gasteiger partial charge < -0.3 is 10.1 Å². The minimum atomic E-state index is -4.21. The van der Waals surface area contributed by atoms with E-state index in [1.165, 1.54) is 0 Å². The fraction of sp³-hybridized carbons (Fsp3) is 0.818. The highest BCUT2D eigenvalue weighted by Gasteiger charge is 2.40. The number of rotatable bonds is 4. The van der Waals surface area contributed by atoms with Gasteiger partial charge >= 0.3 is 6.18 Å². The molecule has 1 heterocycles. The first-order chi connectivity index (χ1) is 8.40. The largest absolute Gasteiger partial charge is 0.389 e. The van der Waals surface area contributed by atoms with Crippen molar-refractivity contribution >= 4 is 5.91 Å². The van der Waals surface area contributed by atoms with Gasteiger partial charge in [-0.3, -0.25) is 4.79 Å². The van der Waals surface area contributed by atoms with Gasteiger partial charge in [-0.2, -0.15) is 18.4 Å². The Labute approximate surface area is 103 Å². The smallest absolute Gasteiger partial charge is 0.381 e. The van der Waals surface area contributed by atoms with Crippen molar-refractivity contribution < 1.29 is 22.7 Å². The minimum absolute atomic E-state index is 0.0668. The van der Waals surface area contributed by atoms with Crippen LogP contribution >= 0.6 is 0 Å². The zero-order chi connectivity index (χ0) is 13.6. The normalized spacial score (nSPS) is 19.0. The molecule has 7 heteroatoms. The molecule has 0 aromatic carbocycles. The third-order valence-corrected chi connectivity index (χ3v) is 2.92. The van der Waals surface area contributed by atoms with E-state index in [-0.39, 0.29) is 25.8 Å². The summed E-state index contributed by atoms with van der Waals surface area (Å²) in [5, 5.41) is 11.5. The summed E-state index contributed by atoms with van der Waals surface area (Å²) in [6, 6.07) is 1.96. The lowest BCUT2D eigenvalue weighted by atomic mass is 9.81. The summed E-state index contributed by atoms with van der Waals surface area (Å²) in [7, 11) is 0. The molecule has 0 bridgehead atoms. The van der Waals surface area contributed by atoms with Gasteiger partial charge in [-0.05, 0) is 19.3 Å². The maximum atomic E-state index is 11.9. The van der Waals surface area contributed by atoms with Crippen molar-refractivity contribution in [3.8, 4) is 6.07 Å². The van der Waals surface area contributed by atoms with E-state index in [0.717, 1.165) is 0 Å². The summed E-state index contributed by atoms with van der Waals surface area (Å²) in [6.45, 7) is 0.579. The molecule has 1 saturated heterocycles. The molecule has 1 rings (SSSR count). The van der Waals surface area contributed by atoms with Crippen LogP contribution in [0.4, 0.5) is 13.2 Å². The van der Waals surface area contributed by atoms with E-state index in [1.54, 1.807) is 0 Å². The highest BCUT2D eigenvalue weighted by atomic mass is 19.4. The summed E-state index contributed by atoms with van der Waals surface area (Å²) in [5.74, 6) is -0.490. The molecule has 1 aliphatic rings. The van der Waals surface area contributed by atoms with E-state index in [1.807, 2.05) is 6.07 Å². The van der Waals surface area contributed by atoms with Gasteiger partial charge in [0, 0.05) is 26.2 Å². The maximum absolute atomic E-state index is 11.9. The van der Waals surface area contributed by atoms with E-state index in [2.05, 4.69) is 5.32 Å². The van der Waals surface area contributed by atoms with Gasteiger partial charge in [-0.1, -0.05) is 0 Å². The number of nitrogens with zero attached hydrogens (tertiary/aromatic N) is 1. The Morgan fingerprint density at radius 3 is 2.50 bits per heavy atom. The van der Waals surface area contributed by atoms with Gasteiger partial charge in [-0.15, -0.1) is 0 Å². The Balaban J connectivity index is 2.37. The number of amides is 1. The van der Waals surface area contributed by atoms with Crippen molar-refractivity contribution in [3.05, 3.63) is 0 Å². The van der Waals surface area contributed by atoms with Crippen molar-refractivity contribution in [2.45, 2.75) is 31.9 Å². The second-order valence-electron chi connectivity index (χ2n) is 4.28. The van der Waals surface area contributed by atoms with Crippen LogP contribution in [0.2, 0.25) is 0 Å². The monoisotopic (exact) mass is 264 g/mol. The fourth-order valence-electron chi connectivity index (χ4n) is 1.77. The molecule has 1 amide bonds. The number of nitriles is 1. The molecule has 0 aromatic rings. The number of hydrogen-bond acceptors (Lipinski definition) is 3. The molecule has 0 atom stereocenters. The number of carbonyl (C=O) groups excluding carboxylic acids is 1. The predicted molar refractivity (Wildman–Crippen MR) is 56.4 cm³/mol. The van der Waals surface area contributed by atoms with Crippen molar-refractivity contribution in [1.82, 2.24) is 5.32 Å². The van der Waals surface area contributed by atoms with Crippen LogP contribution in [-0.2, 0) is 9.53 Å². The van der Waals surface area contributed by atoms with Crippen LogP contribution in [0.25, 0.3) is 0 Å². The third-order valence-electron chi connectivity index (χ3n) is 2.92. The van der Waals surface area contributed by atoms with Crippen molar-refractivity contribution in [1.29, 1.82) is 5.26 Å². The SMILES string of the molecule is N#CC1(C(=O)NCCCC(F)(F)F)CCOCC1. The molecule has 0 spiro atoms. The predicted octanol–water partition coefficient (Wildman–Crippen LogP) is 1.77. The third kappa shape index (κ3) is 4.18. The molecule has 102 valence electrons. The standard InChI is InChI=1S/C11H15F3N2O2/c12-11(13,14)2-1-5-16-9(17)10(8-15)3-6-18-7-4-10/h1-7H2,(H,16,17). The van der Waals surface area contributed by atoms with Crippen LogP contribution < -0.4 is 5.32 Å². The molecule has 1 fully saturated rings. The number of ether oxygens (including phenoxy) is 1. The number of halogens is 3. The Kier molecular flexibility index (Phi) is 4.96. The molecule has 4 nitrogen and oxygen atoms in total. The molecular formula is C11H15F3N2O2. The summed E-state index contributed by atoms with van der Waals surface area (Å²) in [4.78, 5) is 11.8. The van der Waals surface area contributed by atoms with Gasteiger partial charge in [0.15, 0.2) is 0 Å². The highest BCUT2D eigenvalue weighted by molar-refractivity contribution is 5.85. The quantitative estimate of drug-likeness (QED) is 0.787. The number of nitrogens with one attached hydrogen (secondary N) is 1. The zero-order valence-corrected chi connectivity index (χ0v) is 9.85. The second-order valence-corrected chi connectivity index (χ2v) is 4.28. The van der Waals surface area contributed by atoms with Crippen LogP contribution in [0.5, 0.6) is 0 Å². The van der Waals surface area contributed by atoms with Gasteiger partial charge in [0.05, 0.1) is 6.07 Å². The minimum Gasteiger partial charge on any atom is -0.381 e. The van der Waals surface area contributed by atoms with E-state index < -0.39 is 23.9 Å². The van der Waals surface area contributed by atoms with Gasteiger partial charge in [0.2, 0.25) is 5.91 Å². The average Bonchev–Trinajstić information content (AvgIpc) is 2.34. The summed E-state index contributed by atoms with van der Waals surface area (Å²) in [5.41, 5.74) is -1.14. The number of hydrogen-bond donors (Lipinski definition) is 1. The fourth-order valence-corrected chi connectivity index (χ4v) is 1.77. The van der Waals surface area contributed by atoms with Crippen LogP contribution in [0.1, 0.15) is 25.7 Å². The summed E-state index contributed by atoms with van der Waals surface area (Å²) < 4.78 is 40.8. The Hall–Kier alpha value is -1.29. The molecule has 18 heavy (non-hydrogen) atoms. The molecule has 0 aliphatic carbocycles. The van der Waals surface area contributed by atoms with Crippen molar-refractivity contribution in [3.63, 3.8) is 0 Å². The maximum Gasteiger partial charge on any atom is 0.389 e. The van der Waals surface area contributed by atoms with E-state index in [9.17, 15) is 18.0 Å². The van der Waals surface area contributed by atoms with E-state index >= 15 is 0 Å². The number of alkyl halides is 3. The van der Waals surface area contributed by atoms with Crippen LogP contribution in [0, 0.1) is 16.7 Å². The second kappa shape index (κ2) is 6.05. The topological polar surface area (TPSA) is 62.1 Å². The Morgan fingerprint density at radius 2 is 2.00 bits per heavy atom. The lowest BCUT2D eigenvalue weighted by Crippen LogP contribution is -2.44. The molecule has 0 unspecified atom stereocenters. The average molecular weight is 264 g/mol. The molecule has 1 N–H and O–H groups in total. The van der Waals surface area contributed by atoms with Gasteiger partial charge in [0.1, 0.15) is 5.41 Å². The highest BCUT2D eigenvalue weighted by Crippen LogP contribution is 2.29. The first kappa shape index (κ1) is 14.8. The van der Waals surface area contributed by atoms with E-state index in [4.69, 9.17) is 10.00 Å². The lowest BCUT2D eigenvalue weighted by Gasteiger charge is -2.29. The first-order valence-corrected chi connectivity index (χ1v) is 5.74. The molecule has 1 aliphatic heterocycles. The zero-order valence-electron chi connectivity index (χ0n) is 9.85. The van der Waals surface area contributed by atoms with Crippen LogP contribution in [0.3, 0.4) is 0 Å². The molecule has 0 radical (unpaired) electrons. The molecular weight excluding hydrogens is 249 g/mol. The van der Waals surface area contributed by atoms with Gasteiger partial charge in [0.25, 0.3) is 0 Å². The summed E-state index contributed by atoms with van der Waals surface area (Å²) >= 11 is 0. The van der Waals surface area contributed by atoms with Crippen LogP contribution in [0.15, 0.2) is 0 Å².